The Morgan fingerprint density at radius 1 is 1.10 bits per heavy atom. The van der Waals surface area contributed by atoms with Gasteiger partial charge in [-0.3, -0.25) is 14.3 Å². The topological polar surface area (TPSA) is 104 Å². The lowest BCUT2D eigenvalue weighted by molar-refractivity contribution is -0.124. The highest BCUT2D eigenvalue weighted by atomic mass is 32.2. The van der Waals surface area contributed by atoms with Crippen LogP contribution in [0, 0.1) is 6.92 Å². The first-order valence-electron chi connectivity index (χ1n) is 10.4. The van der Waals surface area contributed by atoms with Crippen LogP contribution in [0.5, 0.6) is 0 Å². The summed E-state index contributed by atoms with van der Waals surface area (Å²) in [4.78, 5) is 24.1. The fourth-order valence-electron chi connectivity index (χ4n) is 3.45. The van der Waals surface area contributed by atoms with Crippen LogP contribution in [-0.4, -0.2) is 26.3 Å². The Labute approximate surface area is 183 Å². The second kappa shape index (κ2) is 8.70. The molecule has 3 N–H and O–H groups in total. The second-order valence-electron chi connectivity index (χ2n) is 8.23. The van der Waals surface area contributed by atoms with Crippen LogP contribution in [0.15, 0.2) is 47.4 Å². The molecule has 1 aliphatic carbocycles. The summed E-state index contributed by atoms with van der Waals surface area (Å²) in [6.07, 6.45) is 2.43. The van der Waals surface area contributed by atoms with Gasteiger partial charge in [0.25, 0.3) is 10.0 Å². The van der Waals surface area contributed by atoms with E-state index >= 15 is 0 Å². The zero-order chi connectivity index (χ0) is 22.8. The number of carbonyl (C=O) groups is 2. The summed E-state index contributed by atoms with van der Waals surface area (Å²) >= 11 is 0. The second-order valence-corrected chi connectivity index (χ2v) is 9.88. The number of amides is 2. The Morgan fingerprint density at radius 3 is 2.29 bits per heavy atom. The average Bonchev–Trinajstić information content (AvgIpc) is 3.51. The van der Waals surface area contributed by atoms with Gasteiger partial charge in [0.2, 0.25) is 11.8 Å². The fourth-order valence-corrected chi connectivity index (χ4v) is 4.75. The highest BCUT2D eigenvalue weighted by Crippen LogP contribution is 2.48. The van der Waals surface area contributed by atoms with Crippen molar-refractivity contribution in [2.24, 2.45) is 0 Å². The van der Waals surface area contributed by atoms with E-state index in [1.54, 1.807) is 43.3 Å². The zero-order valence-corrected chi connectivity index (χ0v) is 19.1. The van der Waals surface area contributed by atoms with Crippen LogP contribution in [0.4, 0.5) is 11.4 Å². The first-order chi connectivity index (χ1) is 14.6. The van der Waals surface area contributed by atoms with E-state index in [9.17, 15) is 18.0 Å². The van der Waals surface area contributed by atoms with E-state index in [1.165, 1.54) is 13.0 Å². The molecule has 2 amide bonds. The summed E-state index contributed by atoms with van der Waals surface area (Å²) in [6.45, 7) is 7.11. The molecule has 1 aliphatic rings. The lowest BCUT2D eigenvalue weighted by Crippen LogP contribution is -2.39. The minimum Gasteiger partial charge on any atom is -0.353 e. The Hall–Kier alpha value is -2.87. The van der Waals surface area contributed by atoms with Crippen molar-refractivity contribution in [3.63, 3.8) is 0 Å². The molecule has 8 heteroatoms. The van der Waals surface area contributed by atoms with Crippen LogP contribution in [0.1, 0.15) is 51.2 Å². The van der Waals surface area contributed by atoms with Gasteiger partial charge in [-0.15, -0.1) is 0 Å². The molecule has 0 bridgehead atoms. The number of hydrogen-bond acceptors (Lipinski definition) is 4. The molecule has 3 rings (SSSR count). The van der Waals surface area contributed by atoms with Crippen LogP contribution in [-0.2, 0) is 25.0 Å². The number of aryl methyl sites for hydroxylation is 1. The predicted molar refractivity (Wildman–Crippen MR) is 122 cm³/mol. The van der Waals surface area contributed by atoms with Gasteiger partial charge < -0.3 is 10.6 Å². The van der Waals surface area contributed by atoms with Crippen LogP contribution in [0.3, 0.4) is 0 Å². The number of hydrogen-bond donors (Lipinski definition) is 3. The summed E-state index contributed by atoms with van der Waals surface area (Å²) in [7, 11) is -3.92. The van der Waals surface area contributed by atoms with Crippen molar-refractivity contribution in [3.05, 3.63) is 53.6 Å². The van der Waals surface area contributed by atoms with E-state index in [-0.39, 0.29) is 28.4 Å². The minimum atomic E-state index is -3.92. The van der Waals surface area contributed by atoms with Gasteiger partial charge in [0.1, 0.15) is 4.90 Å². The average molecular weight is 444 g/mol. The Kier molecular flexibility index (Phi) is 6.40. The molecular weight excluding hydrogens is 414 g/mol. The minimum absolute atomic E-state index is 0.00151. The van der Waals surface area contributed by atoms with Crippen molar-refractivity contribution in [3.8, 4) is 0 Å². The Balaban J connectivity index is 1.81. The molecular formula is C23H29N3O4S. The molecule has 0 spiro atoms. The molecule has 0 heterocycles. The van der Waals surface area contributed by atoms with Gasteiger partial charge >= 0.3 is 0 Å². The first-order valence-corrected chi connectivity index (χ1v) is 11.9. The van der Waals surface area contributed by atoms with E-state index in [0.717, 1.165) is 30.4 Å². The zero-order valence-electron chi connectivity index (χ0n) is 18.3. The fraction of sp³-hybridized carbons (Fsp3) is 0.391. The normalized spacial score (nSPS) is 15.6. The van der Waals surface area contributed by atoms with Gasteiger partial charge in [-0.25, -0.2) is 8.42 Å². The molecule has 0 radical (unpaired) electrons. The SMILES string of the molecule is CC[C@@H](C)NC(=O)C1(c2ccc(NS(=O)(=O)c3cc(C)ccc3NC(C)=O)cc2)CC1. The number of nitrogens with one attached hydrogen (secondary N) is 3. The van der Waals surface area contributed by atoms with Gasteiger partial charge in [0, 0.05) is 18.7 Å². The molecule has 1 atom stereocenters. The molecule has 0 aliphatic heterocycles. The molecule has 0 aromatic heterocycles. The van der Waals surface area contributed by atoms with E-state index in [2.05, 4.69) is 15.4 Å². The molecule has 0 unspecified atom stereocenters. The maximum Gasteiger partial charge on any atom is 0.263 e. The van der Waals surface area contributed by atoms with Crippen LogP contribution in [0.25, 0.3) is 0 Å². The maximum absolute atomic E-state index is 13.0. The van der Waals surface area contributed by atoms with Crippen molar-refractivity contribution in [2.45, 2.75) is 63.3 Å². The number of carbonyl (C=O) groups excluding carboxylic acids is 2. The van der Waals surface area contributed by atoms with Crippen molar-refractivity contribution in [2.75, 3.05) is 10.0 Å². The molecule has 1 fully saturated rings. The van der Waals surface area contributed by atoms with Crippen molar-refractivity contribution >= 4 is 33.2 Å². The molecule has 31 heavy (non-hydrogen) atoms. The molecule has 2 aromatic carbocycles. The third kappa shape index (κ3) is 5.07. The number of sulfonamides is 1. The Morgan fingerprint density at radius 2 is 1.74 bits per heavy atom. The van der Waals surface area contributed by atoms with E-state index in [1.807, 2.05) is 13.8 Å². The monoisotopic (exact) mass is 443 g/mol. The largest absolute Gasteiger partial charge is 0.353 e. The molecule has 1 saturated carbocycles. The summed E-state index contributed by atoms with van der Waals surface area (Å²) < 4.78 is 28.5. The van der Waals surface area contributed by atoms with Gasteiger partial charge in [-0.05, 0) is 68.5 Å². The summed E-state index contributed by atoms with van der Waals surface area (Å²) in [5, 5.41) is 5.61. The van der Waals surface area contributed by atoms with Crippen LogP contribution >= 0.6 is 0 Å². The smallest absolute Gasteiger partial charge is 0.263 e. The predicted octanol–water partition coefficient (Wildman–Crippen LogP) is 3.70. The molecule has 0 saturated heterocycles. The van der Waals surface area contributed by atoms with Crippen molar-refractivity contribution < 1.29 is 18.0 Å². The van der Waals surface area contributed by atoms with Crippen LogP contribution in [0.2, 0.25) is 0 Å². The lowest BCUT2D eigenvalue weighted by Gasteiger charge is -2.19. The summed E-state index contributed by atoms with van der Waals surface area (Å²) in [5.74, 6) is -0.329. The maximum atomic E-state index is 13.0. The Bertz CT molecular complexity index is 1090. The standard InChI is InChI=1S/C23H29N3O4S/c1-5-16(3)24-22(28)23(12-13-23)18-7-9-19(10-8-18)26-31(29,30)21-14-15(2)6-11-20(21)25-17(4)27/h6-11,14,16,26H,5,12-13H2,1-4H3,(H,24,28)(H,25,27)/t16-/m1/s1. The summed E-state index contributed by atoms with van der Waals surface area (Å²) in [6, 6.07) is 11.9. The van der Waals surface area contributed by atoms with E-state index in [0.29, 0.717) is 5.69 Å². The van der Waals surface area contributed by atoms with Gasteiger partial charge in [-0.2, -0.15) is 0 Å². The van der Waals surface area contributed by atoms with E-state index < -0.39 is 15.4 Å². The van der Waals surface area contributed by atoms with Crippen LogP contribution < -0.4 is 15.4 Å². The first kappa shape index (κ1) is 22.8. The quantitative estimate of drug-likeness (QED) is 0.579. The van der Waals surface area contributed by atoms with Crippen molar-refractivity contribution in [1.29, 1.82) is 0 Å². The number of rotatable bonds is 8. The van der Waals surface area contributed by atoms with Gasteiger partial charge in [-0.1, -0.05) is 25.1 Å². The number of anilines is 2. The van der Waals surface area contributed by atoms with Gasteiger partial charge in [0.05, 0.1) is 11.1 Å². The highest BCUT2D eigenvalue weighted by molar-refractivity contribution is 7.92. The summed E-state index contributed by atoms with van der Waals surface area (Å²) in [5.41, 5.74) is 1.73. The molecule has 7 nitrogen and oxygen atoms in total. The van der Waals surface area contributed by atoms with E-state index in [4.69, 9.17) is 0 Å². The molecule has 166 valence electrons. The number of benzene rings is 2. The van der Waals surface area contributed by atoms with Crippen molar-refractivity contribution in [1.82, 2.24) is 5.32 Å². The van der Waals surface area contributed by atoms with Gasteiger partial charge in [0.15, 0.2) is 0 Å². The lowest BCUT2D eigenvalue weighted by atomic mass is 9.94. The third-order valence-electron chi connectivity index (χ3n) is 5.60. The highest BCUT2D eigenvalue weighted by Gasteiger charge is 2.51. The molecule has 2 aromatic rings. The third-order valence-corrected chi connectivity index (χ3v) is 7.02.